The highest BCUT2D eigenvalue weighted by Gasteiger charge is 2.33. The van der Waals surface area contributed by atoms with Crippen LogP contribution in [0.5, 0.6) is 0 Å². The van der Waals surface area contributed by atoms with Crippen LogP contribution in [0.15, 0.2) is 21.4 Å². The van der Waals surface area contributed by atoms with Crippen LogP contribution in [0, 0.1) is 0 Å². The molecule has 0 bridgehead atoms. The monoisotopic (exact) mass is 340 g/mol. The summed E-state index contributed by atoms with van der Waals surface area (Å²) in [7, 11) is 0. The Bertz CT molecular complexity index is 453. The van der Waals surface area contributed by atoms with Gasteiger partial charge < -0.3 is 9.32 Å². The summed E-state index contributed by atoms with van der Waals surface area (Å²) in [6.07, 6.45) is -2.81. The van der Waals surface area contributed by atoms with Crippen molar-refractivity contribution in [3.05, 3.63) is 22.6 Å². The molecular weight excluding hydrogens is 329 g/mol. The first-order chi connectivity index (χ1) is 8.87. The first-order valence-electron chi connectivity index (χ1n) is 5.68. The summed E-state index contributed by atoms with van der Waals surface area (Å²) in [5, 5.41) is 0. The predicted octanol–water partition coefficient (Wildman–Crippen LogP) is 2.36. The van der Waals surface area contributed by atoms with Crippen LogP contribution >= 0.6 is 15.9 Å². The van der Waals surface area contributed by atoms with Crippen molar-refractivity contribution >= 4 is 21.8 Å². The quantitative estimate of drug-likeness (QED) is 0.829. The summed E-state index contributed by atoms with van der Waals surface area (Å²) in [6.45, 7) is 0.0882. The fourth-order valence-corrected chi connectivity index (χ4v) is 2.39. The number of furan rings is 1. The Hall–Kier alpha value is -1.02. The second-order valence-electron chi connectivity index (χ2n) is 4.29. The molecule has 1 amide bonds. The fraction of sp³-hybridized carbons (Fsp3) is 0.545. The summed E-state index contributed by atoms with van der Waals surface area (Å²) in [5.74, 6) is -0.229. The van der Waals surface area contributed by atoms with E-state index in [1.165, 1.54) is 22.1 Å². The average molecular weight is 341 g/mol. The van der Waals surface area contributed by atoms with Gasteiger partial charge in [-0.1, -0.05) is 0 Å². The number of hydrogen-bond donors (Lipinski definition) is 0. The minimum atomic E-state index is -4.19. The van der Waals surface area contributed by atoms with Gasteiger partial charge in [-0.15, -0.1) is 0 Å². The van der Waals surface area contributed by atoms with E-state index in [1.54, 1.807) is 0 Å². The maximum Gasteiger partial charge on any atom is 0.401 e. The molecule has 106 valence electrons. The van der Waals surface area contributed by atoms with Crippen LogP contribution in [0.1, 0.15) is 10.4 Å². The third-order valence-electron chi connectivity index (χ3n) is 2.91. The molecule has 0 aliphatic carbocycles. The molecule has 0 spiro atoms. The van der Waals surface area contributed by atoms with Gasteiger partial charge in [-0.25, -0.2) is 0 Å². The highest BCUT2D eigenvalue weighted by atomic mass is 79.9. The molecule has 8 heteroatoms. The average Bonchev–Trinajstić information content (AvgIpc) is 2.73. The van der Waals surface area contributed by atoms with E-state index < -0.39 is 12.7 Å². The molecule has 1 aliphatic heterocycles. The second kappa shape index (κ2) is 5.54. The lowest BCUT2D eigenvalue weighted by atomic mass is 10.2. The van der Waals surface area contributed by atoms with Gasteiger partial charge in [0.05, 0.1) is 18.4 Å². The molecule has 1 aromatic heterocycles. The fourth-order valence-electron chi connectivity index (χ4n) is 1.98. The van der Waals surface area contributed by atoms with Gasteiger partial charge in [-0.2, -0.15) is 13.2 Å². The number of alkyl halides is 3. The van der Waals surface area contributed by atoms with Crippen molar-refractivity contribution in [2.24, 2.45) is 0 Å². The van der Waals surface area contributed by atoms with E-state index in [-0.39, 0.29) is 32.1 Å². The lowest BCUT2D eigenvalue weighted by Crippen LogP contribution is -2.50. The first kappa shape index (κ1) is 14.4. The SMILES string of the molecule is O=C(c1ccoc1Br)N1CCN(CC(F)(F)F)CC1. The molecule has 0 N–H and O–H groups in total. The lowest BCUT2D eigenvalue weighted by Gasteiger charge is -2.34. The van der Waals surface area contributed by atoms with Crippen LogP contribution < -0.4 is 0 Å². The third-order valence-corrected chi connectivity index (χ3v) is 3.52. The van der Waals surface area contributed by atoms with Gasteiger partial charge in [0.25, 0.3) is 5.91 Å². The highest BCUT2D eigenvalue weighted by molar-refractivity contribution is 9.10. The van der Waals surface area contributed by atoms with E-state index >= 15 is 0 Å². The van der Waals surface area contributed by atoms with E-state index in [1.807, 2.05) is 0 Å². The number of halogens is 4. The molecule has 0 unspecified atom stereocenters. The number of piperazine rings is 1. The number of rotatable bonds is 2. The Morgan fingerprint density at radius 3 is 2.42 bits per heavy atom. The maximum absolute atomic E-state index is 12.2. The van der Waals surface area contributed by atoms with Crippen LogP contribution in [-0.2, 0) is 0 Å². The Balaban J connectivity index is 1.90. The second-order valence-corrected chi connectivity index (χ2v) is 5.01. The highest BCUT2D eigenvalue weighted by Crippen LogP contribution is 2.21. The lowest BCUT2D eigenvalue weighted by molar-refractivity contribution is -0.148. The Morgan fingerprint density at radius 1 is 1.32 bits per heavy atom. The molecule has 0 aromatic carbocycles. The Kier molecular flexibility index (Phi) is 4.19. The standard InChI is InChI=1S/C11H12BrF3N2O2/c12-9-8(1-6-19-9)10(18)17-4-2-16(3-5-17)7-11(13,14)15/h1,6H,2-5,7H2. The van der Waals surface area contributed by atoms with E-state index in [2.05, 4.69) is 15.9 Å². The summed E-state index contributed by atoms with van der Waals surface area (Å²) >= 11 is 3.11. The molecule has 0 radical (unpaired) electrons. The van der Waals surface area contributed by atoms with E-state index in [4.69, 9.17) is 4.42 Å². The van der Waals surface area contributed by atoms with E-state index in [0.29, 0.717) is 10.2 Å². The smallest absolute Gasteiger partial charge is 0.401 e. The Labute approximate surface area is 116 Å². The first-order valence-corrected chi connectivity index (χ1v) is 6.47. The topological polar surface area (TPSA) is 36.7 Å². The van der Waals surface area contributed by atoms with Gasteiger partial charge in [-0.3, -0.25) is 9.69 Å². The van der Waals surface area contributed by atoms with Crippen molar-refractivity contribution in [1.29, 1.82) is 0 Å². The molecule has 19 heavy (non-hydrogen) atoms. The molecule has 2 rings (SSSR count). The van der Waals surface area contributed by atoms with Crippen LogP contribution in [-0.4, -0.2) is 54.6 Å². The molecule has 4 nitrogen and oxygen atoms in total. The van der Waals surface area contributed by atoms with Crippen LogP contribution in [0.2, 0.25) is 0 Å². The summed E-state index contributed by atoms with van der Waals surface area (Å²) < 4.78 is 42.0. The van der Waals surface area contributed by atoms with Gasteiger partial charge in [0, 0.05) is 26.2 Å². The molecule has 0 saturated carbocycles. The zero-order valence-corrected chi connectivity index (χ0v) is 11.5. The Morgan fingerprint density at radius 2 is 1.95 bits per heavy atom. The molecule has 0 atom stereocenters. The molecule has 1 aromatic rings. The maximum atomic E-state index is 12.2. The molecular formula is C11H12BrF3N2O2. The predicted molar refractivity (Wildman–Crippen MR) is 64.8 cm³/mol. The van der Waals surface area contributed by atoms with Gasteiger partial charge in [0.1, 0.15) is 0 Å². The summed E-state index contributed by atoms with van der Waals surface area (Å²) in [6, 6.07) is 1.54. The van der Waals surface area contributed by atoms with Crippen molar-refractivity contribution in [3.63, 3.8) is 0 Å². The molecule has 1 fully saturated rings. The number of amides is 1. The van der Waals surface area contributed by atoms with Crippen LogP contribution in [0.3, 0.4) is 0 Å². The number of nitrogens with zero attached hydrogens (tertiary/aromatic N) is 2. The van der Waals surface area contributed by atoms with Crippen molar-refractivity contribution in [2.75, 3.05) is 32.7 Å². The number of hydrogen-bond acceptors (Lipinski definition) is 3. The molecule has 1 saturated heterocycles. The van der Waals surface area contributed by atoms with Gasteiger partial charge in [-0.05, 0) is 22.0 Å². The van der Waals surface area contributed by atoms with Crippen molar-refractivity contribution in [1.82, 2.24) is 9.80 Å². The van der Waals surface area contributed by atoms with E-state index in [9.17, 15) is 18.0 Å². The zero-order valence-electron chi connectivity index (χ0n) is 9.91. The van der Waals surface area contributed by atoms with Crippen LogP contribution in [0.25, 0.3) is 0 Å². The van der Waals surface area contributed by atoms with Gasteiger partial charge >= 0.3 is 6.18 Å². The summed E-state index contributed by atoms with van der Waals surface area (Å²) in [5.41, 5.74) is 0.393. The summed E-state index contributed by atoms with van der Waals surface area (Å²) in [4.78, 5) is 14.9. The number of carbonyl (C=O) groups excluding carboxylic acids is 1. The van der Waals surface area contributed by atoms with Gasteiger partial charge in [0.15, 0.2) is 4.67 Å². The van der Waals surface area contributed by atoms with Crippen molar-refractivity contribution < 1.29 is 22.4 Å². The molecule has 2 heterocycles. The third kappa shape index (κ3) is 3.73. The number of carbonyl (C=O) groups is 1. The largest absolute Gasteiger partial charge is 0.457 e. The minimum Gasteiger partial charge on any atom is -0.457 e. The minimum absolute atomic E-state index is 0.223. The van der Waals surface area contributed by atoms with Crippen LogP contribution in [0.4, 0.5) is 13.2 Å². The molecule has 1 aliphatic rings. The zero-order chi connectivity index (χ0) is 14.0. The van der Waals surface area contributed by atoms with Gasteiger partial charge in [0.2, 0.25) is 0 Å². The van der Waals surface area contributed by atoms with E-state index in [0.717, 1.165) is 0 Å². The van der Waals surface area contributed by atoms with Crippen molar-refractivity contribution in [3.8, 4) is 0 Å². The van der Waals surface area contributed by atoms with Crippen molar-refractivity contribution in [2.45, 2.75) is 6.18 Å². The normalized spacial score (nSPS) is 17.8.